The van der Waals surface area contributed by atoms with E-state index in [1.54, 1.807) is 6.07 Å². The van der Waals surface area contributed by atoms with Crippen LogP contribution in [-0.2, 0) is 4.79 Å². The van der Waals surface area contributed by atoms with E-state index in [0.29, 0.717) is 24.3 Å². The van der Waals surface area contributed by atoms with Crippen LogP contribution in [0.4, 0.5) is 11.4 Å². The number of rotatable bonds is 4. The molecule has 18 heavy (non-hydrogen) atoms. The number of carboxylic acids is 1. The fourth-order valence-corrected chi connectivity index (χ4v) is 1.92. The van der Waals surface area contributed by atoms with Gasteiger partial charge in [-0.05, 0) is 24.6 Å². The molecule has 6 nitrogen and oxygen atoms in total. The Hall–Kier alpha value is -2.24. The highest BCUT2D eigenvalue weighted by Crippen LogP contribution is 2.20. The molecule has 1 amide bonds. The summed E-state index contributed by atoms with van der Waals surface area (Å²) in [5.74, 6) is -0.938. The van der Waals surface area contributed by atoms with Crippen LogP contribution in [0.25, 0.3) is 0 Å². The predicted molar refractivity (Wildman–Crippen MR) is 67.5 cm³/mol. The van der Waals surface area contributed by atoms with Crippen molar-refractivity contribution in [1.29, 1.82) is 0 Å². The zero-order valence-electron chi connectivity index (χ0n) is 9.77. The van der Waals surface area contributed by atoms with Crippen molar-refractivity contribution in [2.75, 3.05) is 17.6 Å². The molecule has 1 saturated heterocycles. The first-order valence-corrected chi connectivity index (χ1v) is 5.72. The molecule has 1 aliphatic heterocycles. The molecular weight excluding hydrogens is 234 g/mol. The van der Waals surface area contributed by atoms with Gasteiger partial charge in [-0.3, -0.25) is 4.79 Å². The van der Waals surface area contributed by atoms with Gasteiger partial charge in [0.05, 0.1) is 16.9 Å². The minimum Gasteiger partial charge on any atom is -0.478 e. The van der Waals surface area contributed by atoms with Crippen molar-refractivity contribution < 1.29 is 14.7 Å². The molecule has 5 N–H and O–H groups in total. The molecule has 2 rings (SSSR count). The number of benzene rings is 1. The topological polar surface area (TPSA) is 104 Å². The monoisotopic (exact) mass is 249 g/mol. The van der Waals surface area contributed by atoms with Crippen molar-refractivity contribution in [3.8, 4) is 0 Å². The van der Waals surface area contributed by atoms with Gasteiger partial charge in [0.1, 0.15) is 0 Å². The van der Waals surface area contributed by atoms with Gasteiger partial charge in [0.15, 0.2) is 0 Å². The number of nitrogen functional groups attached to an aromatic ring is 1. The Labute approximate surface area is 104 Å². The van der Waals surface area contributed by atoms with Crippen LogP contribution in [0.2, 0.25) is 0 Å². The molecule has 1 heterocycles. The number of hydrogen-bond acceptors (Lipinski definition) is 4. The van der Waals surface area contributed by atoms with Gasteiger partial charge in [-0.25, -0.2) is 4.79 Å². The first-order chi connectivity index (χ1) is 8.56. The minimum atomic E-state index is -1.00. The van der Waals surface area contributed by atoms with E-state index in [2.05, 4.69) is 10.6 Å². The van der Waals surface area contributed by atoms with E-state index in [1.165, 1.54) is 12.1 Å². The number of carboxylic acid groups (broad SMARTS) is 1. The molecule has 1 atom stereocenters. The van der Waals surface area contributed by atoms with Crippen LogP contribution in [0.5, 0.6) is 0 Å². The maximum atomic E-state index is 11.0. The van der Waals surface area contributed by atoms with Gasteiger partial charge in [-0.15, -0.1) is 0 Å². The normalized spacial score (nSPS) is 18.4. The van der Waals surface area contributed by atoms with E-state index in [0.717, 1.165) is 6.42 Å². The highest BCUT2D eigenvalue weighted by Gasteiger charge is 2.20. The number of carbonyl (C=O) groups excluding carboxylic acids is 1. The zero-order valence-corrected chi connectivity index (χ0v) is 9.77. The summed E-state index contributed by atoms with van der Waals surface area (Å²) in [5.41, 5.74) is 6.99. The zero-order chi connectivity index (χ0) is 13.1. The van der Waals surface area contributed by atoms with Crippen LogP contribution < -0.4 is 16.4 Å². The Bertz CT molecular complexity index is 487. The molecule has 1 unspecified atom stereocenters. The van der Waals surface area contributed by atoms with Crippen LogP contribution >= 0.6 is 0 Å². The van der Waals surface area contributed by atoms with Gasteiger partial charge in [0, 0.05) is 19.0 Å². The van der Waals surface area contributed by atoms with Gasteiger partial charge in [-0.1, -0.05) is 0 Å². The maximum Gasteiger partial charge on any atom is 0.335 e. The number of amides is 1. The van der Waals surface area contributed by atoms with Crippen molar-refractivity contribution in [3.05, 3.63) is 23.8 Å². The summed E-state index contributed by atoms with van der Waals surface area (Å²) in [6.07, 6.45) is 1.36. The van der Waals surface area contributed by atoms with E-state index in [1.807, 2.05) is 0 Å². The van der Waals surface area contributed by atoms with Gasteiger partial charge in [-0.2, -0.15) is 0 Å². The second-order valence-electron chi connectivity index (χ2n) is 4.29. The molecule has 96 valence electrons. The van der Waals surface area contributed by atoms with Crippen molar-refractivity contribution in [1.82, 2.24) is 5.32 Å². The second kappa shape index (κ2) is 4.95. The van der Waals surface area contributed by atoms with Crippen molar-refractivity contribution in [2.45, 2.75) is 18.9 Å². The van der Waals surface area contributed by atoms with E-state index < -0.39 is 5.97 Å². The Kier molecular flexibility index (Phi) is 3.36. The molecule has 0 bridgehead atoms. The molecular formula is C12H15N3O3. The summed E-state index contributed by atoms with van der Waals surface area (Å²) in [4.78, 5) is 21.8. The quantitative estimate of drug-likeness (QED) is 0.587. The molecule has 1 aliphatic rings. The number of carbonyl (C=O) groups is 2. The summed E-state index contributed by atoms with van der Waals surface area (Å²) in [6.45, 7) is 0.586. The third kappa shape index (κ3) is 2.71. The fraction of sp³-hybridized carbons (Fsp3) is 0.333. The predicted octanol–water partition coefficient (Wildman–Crippen LogP) is 0.657. The van der Waals surface area contributed by atoms with Crippen molar-refractivity contribution in [3.63, 3.8) is 0 Å². The van der Waals surface area contributed by atoms with E-state index >= 15 is 0 Å². The lowest BCUT2D eigenvalue weighted by atomic mass is 10.1. The first kappa shape index (κ1) is 12.2. The molecule has 1 aromatic carbocycles. The van der Waals surface area contributed by atoms with E-state index in [4.69, 9.17) is 10.8 Å². The minimum absolute atomic E-state index is 0.0657. The lowest BCUT2D eigenvalue weighted by molar-refractivity contribution is -0.119. The lowest BCUT2D eigenvalue weighted by Crippen LogP contribution is -2.31. The van der Waals surface area contributed by atoms with Crippen LogP contribution in [0, 0.1) is 0 Å². The SMILES string of the molecule is Nc1cc(C(=O)O)ccc1NCC1CCC(=O)N1. The smallest absolute Gasteiger partial charge is 0.335 e. The maximum absolute atomic E-state index is 11.0. The van der Waals surface area contributed by atoms with Crippen LogP contribution in [0.3, 0.4) is 0 Å². The second-order valence-corrected chi connectivity index (χ2v) is 4.29. The molecule has 0 spiro atoms. The molecule has 6 heteroatoms. The number of nitrogens with one attached hydrogen (secondary N) is 2. The van der Waals surface area contributed by atoms with E-state index in [-0.39, 0.29) is 17.5 Å². The Morgan fingerprint density at radius 1 is 1.56 bits per heavy atom. The average molecular weight is 249 g/mol. The molecule has 0 radical (unpaired) electrons. The molecule has 1 fully saturated rings. The Balaban J connectivity index is 1.97. The number of hydrogen-bond donors (Lipinski definition) is 4. The first-order valence-electron chi connectivity index (χ1n) is 5.72. The van der Waals surface area contributed by atoms with Crippen LogP contribution in [-0.4, -0.2) is 29.6 Å². The lowest BCUT2D eigenvalue weighted by Gasteiger charge is -2.14. The summed E-state index contributed by atoms with van der Waals surface area (Å²) in [7, 11) is 0. The Morgan fingerprint density at radius 2 is 2.33 bits per heavy atom. The summed E-state index contributed by atoms with van der Waals surface area (Å²) >= 11 is 0. The van der Waals surface area contributed by atoms with Crippen LogP contribution in [0.15, 0.2) is 18.2 Å². The summed E-state index contributed by atoms with van der Waals surface area (Å²) in [6, 6.07) is 4.65. The highest BCUT2D eigenvalue weighted by atomic mass is 16.4. The van der Waals surface area contributed by atoms with Gasteiger partial charge >= 0.3 is 5.97 Å². The molecule has 1 aromatic rings. The van der Waals surface area contributed by atoms with Crippen molar-refractivity contribution >= 4 is 23.3 Å². The third-order valence-electron chi connectivity index (χ3n) is 2.92. The number of nitrogens with two attached hydrogens (primary N) is 1. The van der Waals surface area contributed by atoms with Gasteiger partial charge in [0.2, 0.25) is 5.91 Å². The standard InChI is InChI=1S/C12H15N3O3/c13-9-5-7(12(17)18)1-3-10(9)14-6-8-2-4-11(16)15-8/h1,3,5,8,14H,2,4,6,13H2,(H,15,16)(H,17,18). The fourth-order valence-electron chi connectivity index (χ4n) is 1.92. The summed E-state index contributed by atoms with van der Waals surface area (Å²) < 4.78 is 0. The molecule has 0 aliphatic carbocycles. The number of aromatic carboxylic acids is 1. The molecule has 0 saturated carbocycles. The highest BCUT2D eigenvalue weighted by molar-refractivity contribution is 5.90. The number of anilines is 2. The largest absolute Gasteiger partial charge is 0.478 e. The third-order valence-corrected chi connectivity index (χ3v) is 2.92. The molecule has 0 aromatic heterocycles. The van der Waals surface area contributed by atoms with Gasteiger partial charge in [0.25, 0.3) is 0 Å². The van der Waals surface area contributed by atoms with Gasteiger partial charge < -0.3 is 21.5 Å². The average Bonchev–Trinajstić information content (AvgIpc) is 2.73. The van der Waals surface area contributed by atoms with Crippen molar-refractivity contribution in [2.24, 2.45) is 0 Å². The Morgan fingerprint density at radius 3 is 2.89 bits per heavy atom. The van der Waals surface area contributed by atoms with E-state index in [9.17, 15) is 9.59 Å². The van der Waals surface area contributed by atoms with Crippen LogP contribution in [0.1, 0.15) is 23.2 Å². The summed E-state index contributed by atoms with van der Waals surface area (Å²) in [5, 5.41) is 14.8.